The first kappa shape index (κ1) is 23.8. The van der Waals surface area contributed by atoms with Gasteiger partial charge < -0.3 is 0 Å². The quantitative estimate of drug-likeness (QED) is 0.159. The molecule has 0 heterocycles. The number of nitrogens with zero attached hydrogens (tertiary/aromatic N) is 1. The first-order valence-corrected chi connectivity index (χ1v) is 14.3. The van der Waals surface area contributed by atoms with E-state index in [-0.39, 0.29) is 0 Å². The van der Waals surface area contributed by atoms with Crippen molar-refractivity contribution in [1.82, 2.24) is 0 Å². The molecule has 0 bridgehead atoms. The Labute approximate surface area is 229 Å². The fourth-order valence-electron chi connectivity index (χ4n) is 4.25. The summed E-state index contributed by atoms with van der Waals surface area (Å²) in [5.41, 5.74) is 0. The van der Waals surface area contributed by atoms with Crippen molar-refractivity contribution >= 4 is 67.6 Å². The molecule has 0 N–H and O–H groups in total. The van der Waals surface area contributed by atoms with E-state index < -0.39 is 0 Å². The summed E-state index contributed by atoms with van der Waals surface area (Å²) in [6, 6.07) is 47.0. The molecule has 0 radical (unpaired) electrons. The van der Waals surface area contributed by atoms with Gasteiger partial charge >= 0.3 is 0 Å². The lowest BCUT2D eigenvalue weighted by Crippen LogP contribution is -1.84. The Morgan fingerprint density at radius 3 is 1.16 bits per heavy atom. The zero-order chi connectivity index (χ0) is 25.0. The van der Waals surface area contributed by atoms with Gasteiger partial charge in [0, 0.05) is 14.7 Å². The summed E-state index contributed by atoms with van der Waals surface area (Å²) in [7, 11) is 0. The third kappa shape index (κ3) is 5.40. The van der Waals surface area contributed by atoms with E-state index in [9.17, 15) is 5.26 Å². The largest absolute Gasteiger partial charge is 0.192 e. The highest BCUT2D eigenvalue weighted by atomic mass is 32.2. The first-order chi connectivity index (χ1) is 18.2. The monoisotopic (exact) mass is 527 g/mol. The summed E-state index contributed by atoms with van der Waals surface area (Å²) in [4.78, 5) is 4.00. The van der Waals surface area contributed by atoms with Gasteiger partial charge in [0.1, 0.15) is 11.0 Å². The third-order valence-corrected chi connectivity index (χ3v) is 9.60. The van der Waals surface area contributed by atoms with Crippen molar-refractivity contribution in [3.05, 3.63) is 137 Å². The summed E-state index contributed by atoms with van der Waals surface area (Å²) in [6.07, 6.45) is 0. The minimum absolute atomic E-state index is 0.701. The lowest BCUT2D eigenvalue weighted by atomic mass is 10.1. The van der Waals surface area contributed by atoms with Crippen molar-refractivity contribution in [3.63, 3.8) is 0 Å². The van der Waals surface area contributed by atoms with Crippen molar-refractivity contribution in [2.24, 2.45) is 0 Å². The molecule has 0 unspecified atom stereocenters. The molecule has 0 aromatic heterocycles. The van der Waals surface area contributed by atoms with Crippen molar-refractivity contribution in [3.8, 4) is 6.07 Å². The molecule has 0 atom stereocenters. The lowest BCUT2D eigenvalue weighted by molar-refractivity contribution is 1.49. The lowest BCUT2D eigenvalue weighted by Gasteiger charge is -2.12. The van der Waals surface area contributed by atoms with Crippen LogP contribution < -0.4 is 0 Å². The molecule has 1 nitrogen and oxygen atoms in total. The van der Waals surface area contributed by atoms with Gasteiger partial charge in [-0.15, -0.1) is 0 Å². The molecule has 176 valence electrons. The van der Waals surface area contributed by atoms with Crippen LogP contribution in [0.2, 0.25) is 0 Å². The van der Waals surface area contributed by atoms with Gasteiger partial charge in [-0.1, -0.05) is 126 Å². The average molecular weight is 528 g/mol. The molecule has 4 heteroatoms. The second-order valence-electron chi connectivity index (χ2n) is 8.56. The molecule has 0 aliphatic rings. The van der Waals surface area contributed by atoms with E-state index in [2.05, 4.69) is 127 Å². The van der Waals surface area contributed by atoms with Gasteiger partial charge in [-0.05, 0) is 68.7 Å². The second kappa shape index (κ2) is 10.8. The van der Waals surface area contributed by atoms with Crippen LogP contribution in [0, 0.1) is 11.3 Å². The highest BCUT2D eigenvalue weighted by Gasteiger charge is 2.14. The molecule has 6 aromatic carbocycles. The Hall–Kier alpha value is -3.62. The molecule has 0 aliphatic heterocycles. The first-order valence-electron chi connectivity index (χ1n) is 11.9. The van der Waals surface area contributed by atoms with Crippen LogP contribution in [0.15, 0.2) is 151 Å². The molecule has 0 saturated heterocycles. The minimum atomic E-state index is 0.701. The van der Waals surface area contributed by atoms with E-state index in [1.807, 2.05) is 6.07 Å². The van der Waals surface area contributed by atoms with Crippen LogP contribution in [0.4, 0.5) is 0 Å². The van der Waals surface area contributed by atoms with Crippen LogP contribution in [0.3, 0.4) is 0 Å². The van der Waals surface area contributed by atoms with E-state index in [0.29, 0.717) is 4.91 Å². The number of benzene rings is 6. The second-order valence-corrected chi connectivity index (χ2v) is 12.1. The van der Waals surface area contributed by atoms with Crippen LogP contribution >= 0.6 is 35.3 Å². The summed E-state index contributed by atoms with van der Waals surface area (Å²) >= 11 is 4.85. The number of nitriles is 1. The maximum atomic E-state index is 10.3. The summed E-state index contributed by atoms with van der Waals surface area (Å²) in [5.74, 6) is 0. The summed E-state index contributed by atoms with van der Waals surface area (Å²) in [5, 5.41) is 17.5. The molecule has 0 aliphatic carbocycles. The van der Waals surface area contributed by atoms with E-state index in [1.54, 1.807) is 23.5 Å². The van der Waals surface area contributed by atoms with Gasteiger partial charge in [0.05, 0.1) is 4.24 Å². The number of hydrogen-bond acceptors (Lipinski definition) is 4. The molecule has 0 fully saturated rings. The topological polar surface area (TPSA) is 23.8 Å². The Morgan fingerprint density at radius 2 is 0.784 bits per heavy atom. The molecular weight excluding hydrogens is 507 g/mol. The van der Waals surface area contributed by atoms with Gasteiger partial charge in [-0.2, -0.15) is 5.26 Å². The summed E-state index contributed by atoms with van der Waals surface area (Å²) < 4.78 is 0.978. The minimum Gasteiger partial charge on any atom is -0.192 e. The molecule has 0 saturated carbocycles. The number of rotatable bonds is 6. The molecular formula is C33H21NS3. The summed E-state index contributed by atoms with van der Waals surface area (Å²) in [6.45, 7) is 0. The fourth-order valence-corrected chi connectivity index (χ4v) is 7.53. The van der Waals surface area contributed by atoms with E-state index in [1.165, 1.54) is 44.1 Å². The predicted molar refractivity (Wildman–Crippen MR) is 162 cm³/mol. The Bertz CT molecular complexity index is 1750. The SMILES string of the molecule is N#CC(Sc1ccc2ccccc2c1)=C(Sc1ccc2ccccc2c1)Sc1ccc2ccccc2c1. The Morgan fingerprint density at radius 1 is 0.432 bits per heavy atom. The number of thioether (sulfide) groups is 3. The van der Waals surface area contributed by atoms with Crippen molar-refractivity contribution in [2.45, 2.75) is 14.7 Å². The van der Waals surface area contributed by atoms with Crippen molar-refractivity contribution in [2.75, 3.05) is 0 Å². The van der Waals surface area contributed by atoms with Crippen LogP contribution in [0.1, 0.15) is 0 Å². The molecule has 37 heavy (non-hydrogen) atoms. The molecule has 6 rings (SSSR count). The van der Waals surface area contributed by atoms with Crippen molar-refractivity contribution in [1.29, 1.82) is 5.26 Å². The van der Waals surface area contributed by atoms with Crippen LogP contribution in [-0.4, -0.2) is 0 Å². The Balaban J connectivity index is 1.40. The van der Waals surface area contributed by atoms with E-state index >= 15 is 0 Å². The normalized spacial score (nSPS) is 11.0. The highest BCUT2D eigenvalue weighted by Crippen LogP contribution is 2.46. The Kier molecular flexibility index (Phi) is 6.92. The van der Waals surface area contributed by atoms with Crippen LogP contribution in [-0.2, 0) is 0 Å². The molecule has 0 amide bonds. The zero-order valence-electron chi connectivity index (χ0n) is 19.8. The fraction of sp³-hybridized carbons (Fsp3) is 0. The van der Waals surface area contributed by atoms with Gasteiger partial charge in [-0.3, -0.25) is 0 Å². The smallest absolute Gasteiger partial charge is 0.110 e. The van der Waals surface area contributed by atoms with Gasteiger partial charge in [0.2, 0.25) is 0 Å². The van der Waals surface area contributed by atoms with E-state index in [4.69, 9.17) is 0 Å². The van der Waals surface area contributed by atoms with Gasteiger partial charge in [-0.25, -0.2) is 0 Å². The van der Waals surface area contributed by atoms with Crippen LogP contribution in [0.25, 0.3) is 32.3 Å². The predicted octanol–water partition coefficient (Wildman–Crippen LogP) is 10.5. The van der Waals surface area contributed by atoms with Crippen molar-refractivity contribution < 1.29 is 0 Å². The van der Waals surface area contributed by atoms with Gasteiger partial charge in [0.25, 0.3) is 0 Å². The number of fused-ring (bicyclic) bond motifs is 3. The maximum absolute atomic E-state index is 10.3. The average Bonchev–Trinajstić information content (AvgIpc) is 2.95. The molecule has 0 spiro atoms. The van der Waals surface area contributed by atoms with E-state index in [0.717, 1.165) is 18.9 Å². The third-order valence-electron chi connectivity index (χ3n) is 6.09. The maximum Gasteiger partial charge on any atom is 0.110 e. The number of allylic oxidation sites excluding steroid dienone is 1. The number of hydrogen-bond donors (Lipinski definition) is 0. The molecule has 6 aromatic rings. The standard InChI is InChI=1S/C33H21NS3/c34-22-32(35-29-16-13-23-7-1-4-10-26(23)19-29)33(36-30-17-14-24-8-2-5-11-27(24)20-30)37-31-18-15-25-9-3-6-12-28(25)21-31/h1-21H. The highest BCUT2D eigenvalue weighted by molar-refractivity contribution is 8.23. The van der Waals surface area contributed by atoms with Gasteiger partial charge in [0.15, 0.2) is 0 Å². The van der Waals surface area contributed by atoms with Crippen LogP contribution in [0.5, 0.6) is 0 Å². The zero-order valence-corrected chi connectivity index (χ0v) is 22.2.